The molecule has 162 valence electrons. The van der Waals surface area contributed by atoms with Crippen LogP contribution in [0.5, 0.6) is 11.5 Å². The van der Waals surface area contributed by atoms with Gasteiger partial charge < -0.3 is 19.4 Å². The number of aromatic nitrogens is 2. The molecule has 0 aliphatic carbocycles. The SMILES string of the molecule is CCn1c(-c2ccc3c(c2)OCCO3)cnc1SC(C)C(=O)Nc1ccc(C)cc1C. The number of fused-ring (bicyclic) bond motifs is 1. The first-order valence-electron chi connectivity index (χ1n) is 10.5. The third kappa shape index (κ3) is 4.56. The van der Waals surface area contributed by atoms with Crippen molar-refractivity contribution in [3.8, 4) is 22.8 Å². The van der Waals surface area contributed by atoms with Gasteiger partial charge in [0.2, 0.25) is 5.91 Å². The number of ether oxygens (including phenoxy) is 2. The molecule has 1 unspecified atom stereocenters. The van der Waals surface area contributed by atoms with Gasteiger partial charge in [-0.25, -0.2) is 4.98 Å². The van der Waals surface area contributed by atoms with Gasteiger partial charge in [-0.1, -0.05) is 29.5 Å². The first kappa shape index (κ1) is 21.3. The van der Waals surface area contributed by atoms with Gasteiger partial charge in [0.15, 0.2) is 16.7 Å². The summed E-state index contributed by atoms with van der Waals surface area (Å²) < 4.78 is 13.5. The Morgan fingerprint density at radius 1 is 1.16 bits per heavy atom. The predicted octanol–water partition coefficient (Wildman–Crippen LogP) is 5.08. The topological polar surface area (TPSA) is 65.4 Å². The van der Waals surface area contributed by atoms with Crippen molar-refractivity contribution in [2.24, 2.45) is 0 Å². The highest BCUT2D eigenvalue weighted by atomic mass is 32.2. The Morgan fingerprint density at radius 2 is 1.94 bits per heavy atom. The largest absolute Gasteiger partial charge is 0.486 e. The molecule has 3 aromatic rings. The van der Waals surface area contributed by atoms with Gasteiger partial charge in [0, 0.05) is 17.8 Å². The van der Waals surface area contributed by atoms with Gasteiger partial charge in [0.1, 0.15) is 13.2 Å². The maximum Gasteiger partial charge on any atom is 0.237 e. The zero-order valence-corrected chi connectivity index (χ0v) is 19.1. The van der Waals surface area contributed by atoms with E-state index in [4.69, 9.17) is 9.47 Å². The quantitative estimate of drug-likeness (QED) is 0.545. The van der Waals surface area contributed by atoms with E-state index in [-0.39, 0.29) is 11.2 Å². The molecule has 2 aromatic carbocycles. The van der Waals surface area contributed by atoms with Crippen LogP contribution in [0.15, 0.2) is 47.8 Å². The van der Waals surface area contributed by atoms with E-state index < -0.39 is 0 Å². The molecule has 4 rings (SSSR count). The van der Waals surface area contributed by atoms with Crippen LogP contribution in [0.2, 0.25) is 0 Å². The molecule has 1 aromatic heterocycles. The van der Waals surface area contributed by atoms with E-state index in [9.17, 15) is 4.79 Å². The average molecular weight is 438 g/mol. The summed E-state index contributed by atoms with van der Waals surface area (Å²) in [6, 6.07) is 12.0. The Balaban J connectivity index is 1.51. The van der Waals surface area contributed by atoms with Crippen molar-refractivity contribution < 1.29 is 14.3 Å². The highest BCUT2D eigenvalue weighted by Gasteiger charge is 2.21. The van der Waals surface area contributed by atoms with Gasteiger partial charge in [0.25, 0.3) is 0 Å². The number of hydrogen-bond acceptors (Lipinski definition) is 5. The van der Waals surface area contributed by atoms with Crippen LogP contribution >= 0.6 is 11.8 Å². The number of rotatable bonds is 6. The van der Waals surface area contributed by atoms with E-state index in [1.54, 1.807) is 0 Å². The molecule has 0 saturated heterocycles. The van der Waals surface area contributed by atoms with Crippen LogP contribution in [0, 0.1) is 13.8 Å². The molecule has 31 heavy (non-hydrogen) atoms. The Hall–Kier alpha value is -2.93. The molecule has 2 heterocycles. The lowest BCUT2D eigenvalue weighted by atomic mass is 10.1. The minimum atomic E-state index is -0.290. The van der Waals surface area contributed by atoms with Crippen molar-refractivity contribution in [1.82, 2.24) is 9.55 Å². The molecule has 6 nitrogen and oxygen atoms in total. The number of amides is 1. The maximum atomic E-state index is 12.8. The van der Waals surface area contributed by atoms with Gasteiger partial charge in [-0.2, -0.15) is 0 Å². The zero-order chi connectivity index (χ0) is 22.0. The second-order valence-electron chi connectivity index (χ2n) is 7.60. The normalized spacial score (nSPS) is 13.7. The number of benzene rings is 2. The second-order valence-corrected chi connectivity index (χ2v) is 8.90. The highest BCUT2D eigenvalue weighted by molar-refractivity contribution is 8.00. The first-order chi connectivity index (χ1) is 15.0. The molecule has 7 heteroatoms. The lowest BCUT2D eigenvalue weighted by Gasteiger charge is -2.19. The number of aryl methyl sites for hydroxylation is 2. The zero-order valence-electron chi connectivity index (χ0n) is 18.3. The molecule has 0 spiro atoms. The fraction of sp³-hybridized carbons (Fsp3) is 0.333. The van der Waals surface area contributed by atoms with E-state index in [0.717, 1.165) is 45.7 Å². The smallest absolute Gasteiger partial charge is 0.237 e. The summed E-state index contributed by atoms with van der Waals surface area (Å²) in [4.78, 5) is 17.4. The molecule has 1 aliphatic heterocycles. The standard InChI is InChI=1S/C24H27N3O3S/c1-5-27-20(18-7-9-21-22(13-18)30-11-10-29-21)14-25-24(27)31-17(4)23(28)26-19-8-6-15(2)12-16(19)3/h6-9,12-14,17H,5,10-11H2,1-4H3,(H,26,28). The lowest BCUT2D eigenvalue weighted by molar-refractivity contribution is -0.115. The number of nitrogens with zero attached hydrogens (tertiary/aromatic N) is 2. The monoisotopic (exact) mass is 437 g/mol. The van der Waals surface area contributed by atoms with E-state index >= 15 is 0 Å². The molecule has 1 amide bonds. The summed E-state index contributed by atoms with van der Waals surface area (Å²) in [6.45, 7) is 9.90. The Morgan fingerprint density at radius 3 is 2.68 bits per heavy atom. The van der Waals surface area contributed by atoms with Crippen molar-refractivity contribution in [2.75, 3.05) is 18.5 Å². The molecule has 0 saturated carbocycles. The van der Waals surface area contributed by atoms with Crippen molar-refractivity contribution in [2.45, 2.75) is 44.6 Å². The fourth-order valence-electron chi connectivity index (χ4n) is 3.59. The van der Waals surface area contributed by atoms with Crippen molar-refractivity contribution in [3.63, 3.8) is 0 Å². The van der Waals surface area contributed by atoms with Crippen LogP contribution in [0.1, 0.15) is 25.0 Å². The van der Waals surface area contributed by atoms with Crippen LogP contribution in [-0.2, 0) is 11.3 Å². The number of nitrogens with one attached hydrogen (secondary N) is 1. The fourth-order valence-corrected chi connectivity index (χ4v) is 4.54. The minimum Gasteiger partial charge on any atom is -0.486 e. The van der Waals surface area contributed by atoms with E-state index in [2.05, 4.69) is 27.9 Å². The van der Waals surface area contributed by atoms with Crippen LogP contribution in [0.4, 0.5) is 5.69 Å². The summed E-state index contributed by atoms with van der Waals surface area (Å²) in [7, 11) is 0. The van der Waals surface area contributed by atoms with Crippen LogP contribution in [0.3, 0.4) is 0 Å². The molecule has 1 aliphatic rings. The molecule has 0 radical (unpaired) electrons. The number of carbonyl (C=O) groups excluding carboxylic acids is 1. The third-order valence-electron chi connectivity index (χ3n) is 5.26. The Kier molecular flexibility index (Phi) is 6.23. The number of carbonyl (C=O) groups is 1. The van der Waals surface area contributed by atoms with Crippen molar-refractivity contribution in [3.05, 3.63) is 53.7 Å². The molecule has 1 N–H and O–H groups in total. The summed E-state index contributed by atoms with van der Waals surface area (Å²) in [5.41, 5.74) is 5.08. The number of thioether (sulfide) groups is 1. The van der Waals surface area contributed by atoms with Gasteiger partial charge in [-0.05, 0) is 57.5 Å². The van der Waals surface area contributed by atoms with Crippen molar-refractivity contribution >= 4 is 23.4 Å². The number of hydrogen-bond donors (Lipinski definition) is 1. The second kappa shape index (κ2) is 9.06. The Labute approximate surface area is 187 Å². The van der Waals surface area contributed by atoms with Crippen molar-refractivity contribution in [1.29, 1.82) is 0 Å². The number of anilines is 1. The summed E-state index contributed by atoms with van der Waals surface area (Å²) in [5.74, 6) is 1.48. The van der Waals surface area contributed by atoms with E-state index in [1.807, 2.05) is 57.3 Å². The first-order valence-corrected chi connectivity index (χ1v) is 11.3. The van der Waals surface area contributed by atoms with E-state index in [1.165, 1.54) is 17.3 Å². The van der Waals surface area contributed by atoms with Gasteiger partial charge >= 0.3 is 0 Å². The molecular weight excluding hydrogens is 410 g/mol. The van der Waals surface area contributed by atoms with Gasteiger partial charge in [-0.3, -0.25) is 4.79 Å². The summed E-state index contributed by atoms with van der Waals surface area (Å²) >= 11 is 1.46. The van der Waals surface area contributed by atoms with Crippen LogP contribution in [-0.4, -0.2) is 33.9 Å². The Bertz CT molecular complexity index is 1110. The van der Waals surface area contributed by atoms with Gasteiger partial charge in [0.05, 0.1) is 17.1 Å². The molecule has 1 atom stereocenters. The third-order valence-corrected chi connectivity index (χ3v) is 6.37. The maximum absolute atomic E-state index is 12.8. The molecular formula is C24H27N3O3S. The van der Waals surface area contributed by atoms with Crippen LogP contribution < -0.4 is 14.8 Å². The number of imidazole rings is 1. The lowest BCUT2D eigenvalue weighted by Crippen LogP contribution is -2.23. The summed E-state index contributed by atoms with van der Waals surface area (Å²) in [5, 5.41) is 3.57. The molecule has 0 fully saturated rings. The van der Waals surface area contributed by atoms with Gasteiger partial charge in [-0.15, -0.1) is 0 Å². The van der Waals surface area contributed by atoms with Crippen LogP contribution in [0.25, 0.3) is 11.3 Å². The minimum absolute atomic E-state index is 0.0384. The summed E-state index contributed by atoms with van der Waals surface area (Å²) in [6.07, 6.45) is 1.85. The molecule has 0 bridgehead atoms. The van der Waals surface area contributed by atoms with E-state index in [0.29, 0.717) is 13.2 Å². The average Bonchev–Trinajstić information content (AvgIpc) is 3.17. The predicted molar refractivity (Wildman–Crippen MR) is 124 cm³/mol. The highest BCUT2D eigenvalue weighted by Crippen LogP contribution is 2.36.